The molecule has 0 radical (unpaired) electrons. The van der Waals surface area contributed by atoms with Gasteiger partial charge in [-0.2, -0.15) is 0 Å². The van der Waals surface area contributed by atoms with E-state index in [-0.39, 0.29) is 11.6 Å². The Morgan fingerprint density at radius 3 is 2.75 bits per heavy atom. The molecular weight excluding hydrogens is 152 g/mol. The third kappa shape index (κ3) is 1.79. The van der Waals surface area contributed by atoms with Crippen LogP contribution in [0.1, 0.15) is 46.5 Å². The highest BCUT2D eigenvalue weighted by Crippen LogP contribution is 2.36. The van der Waals surface area contributed by atoms with Crippen molar-refractivity contribution in [1.82, 2.24) is 0 Å². The summed E-state index contributed by atoms with van der Waals surface area (Å²) in [6.07, 6.45) is 3.92. The van der Waals surface area contributed by atoms with E-state index in [4.69, 9.17) is 4.74 Å². The molecule has 0 aromatic heterocycles. The van der Waals surface area contributed by atoms with Crippen LogP contribution in [0.2, 0.25) is 0 Å². The van der Waals surface area contributed by atoms with Crippen LogP contribution in [0.15, 0.2) is 0 Å². The maximum Gasteiger partial charge on any atom is 0.306 e. The summed E-state index contributed by atoms with van der Waals surface area (Å²) in [6.45, 7) is 6.31. The molecule has 2 atom stereocenters. The van der Waals surface area contributed by atoms with Gasteiger partial charge in [0.1, 0.15) is 5.60 Å². The summed E-state index contributed by atoms with van der Waals surface area (Å²) in [4.78, 5) is 11.0. The standard InChI is InChI=1S/C10H18O2/c1-4-5-6-10(3)8(2)7-9(11)12-10/h8H,4-7H2,1-3H3/t8-,10-/m1/s1. The van der Waals surface area contributed by atoms with Crippen molar-refractivity contribution in [2.75, 3.05) is 0 Å². The molecule has 0 N–H and O–H groups in total. The molecular formula is C10H18O2. The van der Waals surface area contributed by atoms with Gasteiger partial charge in [0, 0.05) is 5.92 Å². The van der Waals surface area contributed by atoms with Crippen LogP contribution in [0.4, 0.5) is 0 Å². The van der Waals surface area contributed by atoms with E-state index in [0.717, 1.165) is 12.8 Å². The molecule has 1 heterocycles. The second kappa shape index (κ2) is 3.46. The van der Waals surface area contributed by atoms with Gasteiger partial charge in [0.2, 0.25) is 0 Å². The fourth-order valence-corrected chi connectivity index (χ4v) is 1.69. The first-order valence-electron chi connectivity index (χ1n) is 4.80. The first kappa shape index (κ1) is 9.56. The number of carbonyl (C=O) groups is 1. The number of esters is 1. The quantitative estimate of drug-likeness (QED) is 0.608. The van der Waals surface area contributed by atoms with Crippen molar-refractivity contribution in [3.05, 3.63) is 0 Å². The summed E-state index contributed by atoms with van der Waals surface area (Å²) in [5.74, 6) is 0.359. The number of carbonyl (C=O) groups excluding carboxylic acids is 1. The van der Waals surface area contributed by atoms with Crippen LogP contribution in [0.3, 0.4) is 0 Å². The number of cyclic esters (lactones) is 1. The van der Waals surface area contributed by atoms with E-state index in [9.17, 15) is 4.79 Å². The molecule has 2 nitrogen and oxygen atoms in total. The molecule has 70 valence electrons. The van der Waals surface area contributed by atoms with Gasteiger partial charge in [-0.15, -0.1) is 0 Å². The van der Waals surface area contributed by atoms with Gasteiger partial charge >= 0.3 is 5.97 Å². The fourth-order valence-electron chi connectivity index (χ4n) is 1.69. The van der Waals surface area contributed by atoms with Crippen molar-refractivity contribution in [1.29, 1.82) is 0 Å². The first-order valence-corrected chi connectivity index (χ1v) is 4.80. The molecule has 0 unspecified atom stereocenters. The summed E-state index contributed by atoms with van der Waals surface area (Å²) in [5.41, 5.74) is -0.174. The number of hydrogen-bond donors (Lipinski definition) is 0. The molecule has 0 bridgehead atoms. The predicted octanol–water partition coefficient (Wildman–Crippen LogP) is 2.52. The average Bonchev–Trinajstić information content (AvgIpc) is 2.23. The monoisotopic (exact) mass is 170 g/mol. The SMILES string of the molecule is CCCC[C@@]1(C)OC(=O)C[C@H]1C. The van der Waals surface area contributed by atoms with E-state index in [0.29, 0.717) is 12.3 Å². The summed E-state index contributed by atoms with van der Waals surface area (Å²) < 4.78 is 5.32. The summed E-state index contributed by atoms with van der Waals surface area (Å²) >= 11 is 0. The third-order valence-electron chi connectivity index (χ3n) is 2.89. The second-order valence-electron chi connectivity index (χ2n) is 4.00. The van der Waals surface area contributed by atoms with Gasteiger partial charge in [-0.3, -0.25) is 4.79 Å². The van der Waals surface area contributed by atoms with Crippen LogP contribution < -0.4 is 0 Å². The van der Waals surface area contributed by atoms with Crippen molar-refractivity contribution >= 4 is 5.97 Å². The van der Waals surface area contributed by atoms with Crippen LogP contribution in [0.25, 0.3) is 0 Å². The van der Waals surface area contributed by atoms with E-state index in [1.165, 1.54) is 6.42 Å². The minimum Gasteiger partial charge on any atom is -0.459 e. The smallest absolute Gasteiger partial charge is 0.306 e. The molecule has 1 rings (SSSR count). The van der Waals surface area contributed by atoms with Gasteiger partial charge in [-0.1, -0.05) is 20.3 Å². The van der Waals surface area contributed by atoms with Gasteiger partial charge in [0.05, 0.1) is 6.42 Å². The van der Waals surface area contributed by atoms with Crippen LogP contribution in [-0.4, -0.2) is 11.6 Å². The molecule has 0 aromatic rings. The van der Waals surface area contributed by atoms with Crippen LogP contribution in [0.5, 0.6) is 0 Å². The fraction of sp³-hybridized carbons (Fsp3) is 0.900. The lowest BCUT2D eigenvalue weighted by atomic mass is 9.86. The largest absolute Gasteiger partial charge is 0.459 e. The minimum atomic E-state index is -0.174. The highest BCUT2D eigenvalue weighted by Gasteiger charge is 2.41. The van der Waals surface area contributed by atoms with Crippen molar-refractivity contribution in [3.63, 3.8) is 0 Å². The number of rotatable bonds is 3. The molecule has 0 aromatic carbocycles. The molecule has 12 heavy (non-hydrogen) atoms. The number of ether oxygens (including phenoxy) is 1. The molecule has 0 amide bonds. The Morgan fingerprint density at radius 1 is 1.67 bits per heavy atom. The Hall–Kier alpha value is -0.530. The van der Waals surface area contributed by atoms with Crippen molar-refractivity contribution in [3.8, 4) is 0 Å². The third-order valence-corrected chi connectivity index (χ3v) is 2.89. The summed E-state index contributed by atoms with van der Waals surface area (Å²) in [7, 11) is 0. The average molecular weight is 170 g/mol. The van der Waals surface area contributed by atoms with E-state index in [1.54, 1.807) is 0 Å². The molecule has 0 spiro atoms. The second-order valence-corrected chi connectivity index (χ2v) is 4.00. The Kier molecular flexibility index (Phi) is 2.76. The Morgan fingerprint density at radius 2 is 2.33 bits per heavy atom. The number of hydrogen-bond acceptors (Lipinski definition) is 2. The lowest BCUT2D eigenvalue weighted by molar-refractivity contribution is -0.148. The summed E-state index contributed by atoms with van der Waals surface area (Å²) in [5, 5.41) is 0. The molecule has 1 aliphatic heterocycles. The Labute approximate surface area is 74.3 Å². The van der Waals surface area contributed by atoms with Crippen molar-refractivity contribution < 1.29 is 9.53 Å². The van der Waals surface area contributed by atoms with Gasteiger partial charge < -0.3 is 4.74 Å². The topological polar surface area (TPSA) is 26.3 Å². The van der Waals surface area contributed by atoms with Gasteiger partial charge in [-0.05, 0) is 19.8 Å². The normalized spacial score (nSPS) is 35.2. The van der Waals surface area contributed by atoms with Crippen molar-refractivity contribution in [2.24, 2.45) is 5.92 Å². The Bertz CT molecular complexity index is 177. The summed E-state index contributed by atoms with van der Waals surface area (Å²) in [6, 6.07) is 0. The van der Waals surface area contributed by atoms with E-state index < -0.39 is 0 Å². The maximum absolute atomic E-state index is 11.0. The molecule has 1 aliphatic rings. The van der Waals surface area contributed by atoms with Crippen LogP contribution in [-0.2, 0) is 9.53 Å². The van der Waals surface area contributed by atoms with E-state index >= 15 is 0 Å². The predicted molar refractivity (Wildman–Crippen MR) is 47.8 cm³/mol. The van der Waals surface area contributed by atoms with E-state index in [1.807, 2.05) is 0 Å². The highest BCUT2D eigenvalue weighted by molar-refractivity contribution is 5.72. The zero-order chi connectivity index (χ0) is 9.19. The van der Waals surface area contributed by atoms with Gasteiger partial charge in [-0.25, -0.2) is 0 Å². The minimum absolute atomic E-state index is 0.0268. The lowest BCUT2D eigenvalue weighted by Gasteiger charge is -2.26. The first-order chi connectivity index (χ1) is 5.58. The van der Waals surface area contributed by atoms with Gasteiger partial charge in [0.15, 0.2) is 0 Å². The maximum atomic E-state index is 11.0. The molecule has 1 saturated heterocycles. The lowest BCUT2D eigenvalue weighted by Crippen LogP contribution is -2.29. The molecule has 0 aliphatic carbocycles. The highest BCUT2D eigenvalue weighted by atomic mass is 16.6. The van der Waals surface area contributed by atoms with Gasteiger partial charge in [0.25, 0.3) is 0 Å². The van der Waals surface area contributed by atoms with Crippen molar-refractivity contribution in [2.45, 2.75) is 52.1 Å². The molecule has 1 fully saturated rings. The van der Waals surface area contributed by atoms with Crippen LogP contribution >= 0.6 is 0 Å². The van der Waals surface area contributed by atoms with Crippen LogP contribution in [0, 0.1) is 5.92 Å². The molecule has 0 saturated carbocycles. The molecule has 2 heteroatoms. The number of unbranched alkanes of at least 4 members (excludes halogenated alkanes) is 1. The Balaban J connectivity index is 2.52. The zero-order valence-electron chi connectivity index (χ0n) is 8.22. The zero-order valence-corrected chi connectivity index (χ0v) is 8.22. The van der Waals surface area contributed by atoms with E-state index in [2.05, 4.69) is 20.8 Å².